The van der Waals surface area contributed by atoms with Crippen molar-refractivity contribution >= 4 is 12.9 Å². The Hall–Kier alpha value is -0.630. The molecule has 0 heterocycles. The summed E-state index contributed by atoms with van der Waals surface area (Å²) in [6.45, 7) is 0. The fraction of sp³-hybridized carbons (Fsp3) is 0.455. The maximum atomic E-state index is 12.1. The molecule has 0 spiro atoms. The molecule has 0 saturated heterocycles. The van der Waals surface area contributed by atoms with Crippen molar-refractivity contribution in [3.63, 3.8) is 0 Å². The van der Waals surface area contributed by atoms with E-state index in [2.05, 4.69) is 6.07 Å². The predicted molar refractivity (Wildman–Crippen MR) is 59.7 cm³/mol. The molecule has 1 aliphatic rings. The molecule has 1 aliphatic carbocycles. The Morgan fingerprint density at radius 2 is 1.93 bits per heavy atom. The zero-order chi connectivity index (χ0) is 10.9. The van der Waals surface area contributed by atoms with E-state index in [4.69, 9.17) is 9.05 Å². The van der Waals surface area contributed by atoms with Crippen LogP contribution in [-0.4, -0.2) is 14.2 Å². The molecule has 0 bridgehead atoms. The predicted octanol–water partition coefficient (Wildman–Crippen LogP) is 2.68. The normalized spacial score (nSPS) is 16.7. The highest BCUT2D eigenvalue weighted by molar-refractivity contribution is 7.62. The Balaban J connectivity index is 2.34. The van der Waals surface area contributed by atoms with Crippen LogP contribution < -0.4 is 5.30 Å². The molecule has 82 valence electrons. The van der Waals surface area contributed by atoms with Gasteiger partial charge in [-0.15, -0.1) is 0 Å². The summed E-state index contributed by atoms with van der Waals surface area (Å²) >= 11 is 0. The molecule has 0 N–H and O–H groups in total. The van der Waals surface area contributed by atoms with Gasteiger partial charge in [-0.05, 0) is 36.5 Å². The molecule has 0 amide bonds. The second-order valence-electron chi connectivity index (χ2n) is 3.73. The highest BCUT2D eigenvalue weighted by atomic mass is 31.2. The third kappa shape index (κ3) is 2.15. The van der Waals surface area contributed by atoms with Crippen LogP contribution in [0.3, 0.4) is 0 Å². The molecule has 3 nitrogen and oxygen atoms in total. The second-order valence-corrected chi connectivity index (χ2v) is 5.97. The van der Waals surface area contributed by atoms with Crippen molar-refractivity contribution < 1.29 is 13.6 Å². The van der Waals surface area contributed by atoms with Gasteiger partial charge in [-0.3, -0.25) is 4.57 Å². The maximum absolute atomic E-state index is 12.1. The van der Waals surface area contributed by atoms with Crippen molar-refractivity contribution in [3.05, 3.63) is 29.8 Å². The van der Waals surface area contributed by atoms with Gasteiger partial charge >= 0.3 is 7.60 Å². The van der Waals surface area contributed by atoms with Crippen LogP contribution in [0.5, 0.6) is 0 Å². The second kappa shape index (κ2) is 4.09. The summed E-state index contributed by atoms with van der Waals surface area (Å²) in [6, 6.07) is 7.70. The van der Waals surface area contributed by atoms with Crippen molar-refractivity contribution in [2.45, 2.75) is 18.8 Å². The molecule has 15 heavy (non-hydrogen) atoms. The van der Waals surface area contributed by atoms with E-state index in [-0.39, 0.29) is 0 Å². The van der Waals surface area contributed by atoms with Crippen LogP contribution in [0.2, 0.25) is 0 Å². The number of rotatable bonds is 4. The van der Waals surface area contributed by atoms with Crippen LogP contribution >= 0.6 is 7.60 Å². The van der Waals surface area contributed by atoms with E-state index in [0.717, 1.165) is 0 Å². The molecule has 1 fully saturated rings. The zero-order valence-corrected chi connectivity index (χ0v) is 9.87. The molecule has 1 aromatic rings. The minimum Gasteiger partial charge on any atom is -0.309 e. The first-order chi connectivity index (χ1) is 7.19. The first-order valence-electron chi connectivity index (χ1n) is 5.01. The monoisotopic (exact) mass is 226 g/mol. The van der Waals surface area contributed by atoms with Gasteiger partial charge in [0, 0.05) is 14.2 Å². The fourth-order valence-electron chi connectivity index (χ4n) is 1.65. The highest BCUT2D eigenvalue weighted by Crippen LogP contribution is 2.46. The standard InChI is InChI=1S/C11H15O3P/c1-13-15(12,14-2)11-5-3-4-10(8-11)9-6-7-9/h3-5,8-9H,6-7H2,1-2H3. The SMILES string of the molecule is COP(=O)(OC)c1cccc(C2CC2)c1. The van der Waals surface area contributed by atoms with Gasteiger partial charge in [0.1, 0.15) is 0 Å². The van der Waals surface area contributed by atoms with Crippen LogP contribution in [0.25, 0.3) is 0 Å². The highest BCUT2D eigenvalue weighted by Gasteiger charge is 2.28. The third-order valence-corrected chi connectivity index (χ3v) is 4.59. The van der Waals surface area contributed by atoms with Crippen molar-refractivity contribution in [1.29, 1.82) is 0 Å². The smallest absolute Gasteiger partial charge is 0.309 e. The average Bonchev–Trinajstić information content (AvgIpc) is 3.12. The summed E-state index contributed by atoms with van der Waals surface area (Å²) in [4.78, 5) is 0. The molecule has 1 aromatic carbocycles. The molecule has 0 aromatic heterocycles. The van der Waals surface area contributed by atoms with Crippen molar-refractivity contribution in [3.8, 4) is 0 Å². The minimum atomic E-state index is -3.07. The van der Waals surface area contributed by atoms with E-state index < -0.39 is 7.60 Å². The van der Waals surface area contributed by atoms with Crippen LogP contribution in [0.15, 0.2) is 24.3 Å². The Bertz CT molecular complexity index is 391. The molecular formula is C11H15O3P. The molecule has 0 radical (unpaired) electrons. The molecule has 0 atom stereocenters. The molecule has 0 unspecified atom stereocenters. The summed E-state index contributed by atoms with van der Waals surface area (Å²) in [6.07, 6.45) is 2.46. The Kier molecular flexibility index (Phi) is 2.96. The largest absolute Gasteiger partial charge is 0.360 e. The van der Waals surface area contributed by atoms with Crippen LogP contribution in [0.1, 0.15) is 24.3 Å². The van der Waals surface area contributed by atoms with Crippen LogP contribution in [0.4, 0.5) is 0 Å². The number of benzene rings is 1. The lowest BCUT2D eigenvalue weighted by Crippen LogP contribution is -2.08. The van der Waals surface area contributed by atoms with E-state index in [1.807, 2.05) is 12.1 Å². The van der Waals surface area contributed by atoms with Crippen molar-refractivity contribution in [1.82, 2.24) is 0 Å². The fourth-order valence-corrected chi connectivity index (χ4v) is 2.80. The van der Waals surface area contributed by atoms with E-state index in [0.29, 0.717) is 11.2 Å². The molecule has 0 aliphatic heterocycles. The van der Waals surface area contributed by atoms with Crippen molar-refractivity contribution in [2.24, 2.45) is 0 Å². The van der Waals surface area contributed by atoms with E-state index >= 15 is 0 Å². The minimum absolute atomic E-state index is 0.645. The first kappa shape index (κ1) is 10.9. The van der Waals surface area contributed by atoms with Gasteiger partial charge in [0.25, 0.3) is 0 Å². The molecule has 1 saturated carbocycles. The van der Waals surface area contributed by atoms with Gasteiger partial charge in [-0.25, -0.2) is 0 Å². The quantitative estimate of drug-likeness (QED) is 0.740. The topological polar surface area (TPSA) is 35.5 Å². The van der Waals surface area contributed by atoms with Gasteiger partial charge in [0.2, 0.25) is 0 Å². The van der Waals surface area contributed by atoms with Crippen LogP contribution in [0, 0.1) is 0 Å². The Labute approximate surface area is 89.9 Å². The van der Waals surface area contributed by atoms with Gasteiger partial charge in [-0.1, -0.05) is 12.1 Å². The molecule has 4 heteroatoms. The van der Waals surface area contributed by atoms with Gasteiger partial charge in [0.15, 0.2) is 0 Å². The lowest BCUT2D eigenvalue weighted by molar-refractivity contribution is 0.287. The summed E-state index contributed by atoms with van der Waals surface area (Å²) in [5, 5.41) is 0.650. The first-order valence-corrected chi connectivity index (χ1v) is 6.56. The van der Waals surface area contributed by atoms with E-state index in [1.54, 1.807) is 6.07 Å². The summed E-state index contributed by atoms with van der Waals surface area (Å²) < 4.78 is 22.0. The zero-order valence-electron chi connectivity index (χ0n) is 8.97. The van der Waals surface area contributed by atoms with Crippen molar-refractivity contribution in [2.75, 3.05) is 14.2 Å². The lowest BCUT2D eigenvalue weighted by Gasteiger charge is -2.14. The van der Waals surface area contributed by atoms with E-state index in [9.17, 15) is 4.57 Å². The lowest BCUT2D eigenvalue weighted by atomic mass is 10.1. The molecule has 2 rings (SSSR count). The van der Waals surface area contributed by atoms with Gasteiger partial charge in [-0.2, -0.15) is 0 Å². The summed E-state index contributed by atoms with van der Waals surface area (Å²) in [5.41, 5.74) is 1.24. The van der Waals surface area contributed by atoms with Gasteiger partial charge < -0.3 is 9.05 Å². The molecular weight excluding hydrogens is 211 g/mol. The maximum Gasteiger partial charge on any atom is 0.360 e. The summed E-state index contributed by atoms with van der Waals surface area (Å²) in [5.74, 6) is 0.645. The van der Waals surface area contributed by atoms with Gasteiger partial charge in [0.05, 0.1) is 5.30 Å². The number of hydrogen-bond donors (Lipinski definition) is 0. The summed E-state index contributed by atoms with van der Waals surface area (Å²) in [7, 11) is -0.251. The Morgan fingerprint density at radius 3 is 2.47 bits per heavy atom. The Morgan fingerprint density at radius 1 is 1.27 bits per heavy atom. The third-order valence-electron chi connectivity index (χ3n) is 2.72. The van der Waals surface area contributed by atoms with E-state index in [1.165, 1.54) is 32.6 Å². The number of hydrogen-bond acceptors (Lipinski definition) is 3. The average molecular weight is 226 g/mol. The van der Waals surface area contributed by atoms with Crippen LogP contribution in [-0.2, 0) is 13.6 Å².